The fraction of sp³-hybridized carbons (Fsp3) is 0.188. The van der Waals surface area contributed by atoms with Crippen LogP contribution in [0.4, 0.5) is 0 Å². The van der Waals surface area contributed by atoms with Crippen LogP contribution in [0.25, 0.3) is 0 Å². The summed E-state index contributed by atoms with van der Waals surface area (Å²) in [4.78, 5) is 12.2. The third-order valence-electron chi connectivity index (χ3n) is 3.25. The number of hydrogen-bond donors (Lipinski definition) is 0. The molecule has 2 aromatic carbocycles. The first-order valence-corrected chi connectivity index (χ1v) is 8.55. The Hall–Kier alpha value is -1.65. The second-order valence-electron chi connectivity index (χ2n) is 4.81. The summed E-state index contributed by atoms with van der Waals surface area (Å²) in [5.74, 6) is -0.561. The maximum atomic E-state index is 12.3. The first kappa shape index (κ1) is 15.7. The SMILES string of the molecule is CC(C(=O)c1ccccc1)S(=O)(=O)Cc1ccc(Cl)cc1. The minimum Gasteiger partial charge on any atom is -0.293 e. The van der Waals surface area contributed by atoms with Crippen molar-refractivity contribution in [3.63, 3.8) is 0 Å². The Balaban J connectivity index is 2.19. The lowest BCUT2D eigenvalue weighted by Gasteiger charge is -2.12. The second kappa shape index (κ2) is 6.41. The molecule has 3 nitrogen and oxygen atoms in total. The lowest BCUT2D eigenvalue weighted by molar-refractivity contribution is 0.0991. The van der Waals surface area contributed by atoms with Crippen molar-refractivity contribution in [3.05, 3.63) is 70.7 Å². The maximum absolute atomic E-state index is 12.3. The Kier molecular flexibility index (Phi) is 4.80. The summed E-state index contributed by atoms with van der Waals surface area (Å²) in [6, 6.07) is 15.0. The van der Waals surface area contributed by atoms with Crippen LogP contribution >= 0.6 is 11.6 Å². The summed E-state index contributed by atoms with van der Waals surface area (Å²) >= 11 is 5.77. The van der Waals surface area contributed by atoms with Gasteiger partial charge in [0.05, 0.1) is 5.75 Å². The van der Waals surface area contributed by atoms with Crippen molar-refractivity contribution in [1.82, 2.24) is 0 Å². The normalized spacial score (nSPS) is 12.9. The van der Waals surface area contributed by atoms with E-state index < -0.39 is 15.1 Å². The highest BCUT2D eigenvalue weighted by Gasteiger charge is 2.28. The van der Waals surface area contributed by atoms with Gasteiger partial charge in [-0.15, -0.1) is 0 Å². The number of benzene rings is 2. The lowest BCUT2D eigenvalue weighted by Crippen LogP contribution is -2.28. The predicted molar refractivity (Wildman–Crippen MR) is 84.3 cm³/mol. The number of hydrogen-bond acceptors (Lipinski definition) is 3. The van der Waals surface area contributed by atoms with Gasteiger partial charge in [-0.2, -0.15) is 0 Å². The fourth-order valence-electron chi connectivity index (χ4n) is 1.94. The van der Waals surface area contributed by atoms with E-state index in [-0.39, 0.29) is 11.5 Å². The van der Waals surface area contributed by atoms with Crippen LogP contribution in [0.5, 0.6) is 0 Å². The average molecular weight is 323 g/mol. The van der Waals surface area contributed by atoms with Gasteiger partial charge in [0, 0.05) is 10.6 Å². The van der Waals surface area contributed by atoms with Gasteiger partial charge in [-0.1, -0.05) is 54.1 Å². The van der Waals surface area contributed by atoms with Gasteiger partial charge in [0.25, 0.3) is 0 Å². The van der Waals surface area contributed by atoms with E-state index in [0.29, 0.717) is 16.1 Å². The predicted octanol–water partition coefficient (Wildman–Crippen LogP) is 3.53. The smallest absolute Gasteiger partial charge is 0.180 e. The summed E-state index contributed by atoms with van der Waals surface area (Å²) in [6.07, 6.45) is 0. The van der Waals surface area contributed by atoms with Crippen molar-refractivity contribution in [3.8, 4) is 0 Å². The zero-order valence-corrected chi connectivity index (χ0v) is 13.1. The molecule has 0 fully saturated rings. The van der Waals surface area contributed by atoms with E-state index in [9.17, 15) is 13.2 Å². The standard InChI is InChI=1S/C16H15ClO3S/c1-12(16(18)14-5-3-2-4-6-14)21(19,20)11-13-7-9-15(17)10-8-13/h2-10,12H,11H2,1H3. The van der Waals surface area contributed by atoms with E-state index in [1.165, 1.54) is 6.92 Å². The Labute approximate surface area is 129 Å². The minimum absolute atomic E-state index is 0.177. The number of sulfone groups is 1. The topological polar surface area (TPSA) is 51.2 Å². The molecule has 0 bridgehead atoms. The molecule has 110 valence electrons. The van der Waals surface area contributed by atoms with E-state index in [1.54, 1.807) is 54.6 Å². The Morgan fingerprint density at radius 2 is 1.62 bits per heavy atom. The van der Waals surface area contributed by atoms with Gasteiger partial charge in [0.1, 0.15) is 5.25 Å². The number of rotatable bonds is 5. The minimum atomic E-state index is -3.57. The van der Waals surface area contributed by atoms with E-state index in [2.05, 4.69) is 0 Å². The van der Waals surface area contributed by atoms with Gasteiger partial charge in [-0.05, 0) is 24.6 Å². The molecule has 0 spiro atoms. The van der Waals surface area contributed by atoms with Crippen molar-refractivity contribution in [1.29, 1.82) is 0 Å². The summed E-state index contributed by atoms with van der Waals surface area (Å²) in [6.45, 7) is 1.43. The van der Waals surface area contributed by atoms with Crippen molar-refractivity contribution < 1.29 is 13.2 Å². The molecule has 0 saturated carbocycles. The zero-order chi connectivity index (χ0) is 15.5. The highest BCUT2D eigenvalue weighted by Crippen LogP contribution is 2.17. The molecule has 0 saturated heterocycles. The molecule has 0 aliphatic rings. The van der Waals surface area contributed by atoms with Crippen LogP contribution in [0.2, 0.25) is 5.02 Å². The fourth-order valence-corrected chi connectivity index (χ4v) is 3.43. The molecule has 21 heavy (non-hydrogen) atoms. The second-order valence-corrected chi connectivity index (χ2v) is 7.56. The lowest BCUT2D eigenvalue weighted by atomic mass is 10.1. The van der Waals surface area contributed by atoms with E-state index in [1.807, 2.05) is 0 Å². The van der Waals surface area contributed by atoms with E-state index >= 15 is 0 Å². The van der Waals surface area contributed by atoms with Crippen molar-refractivity contribution in [2.75, 3.05) is 0 Å². The highest BCUT2D eigenvalue weighted by atomic mass is 35.5. The van der Waals surface area contributed by atoms with Gasteiger partial charge < -0.3 is 0 Å². The van der Waals surface area contributed by atoms with Crippen LogP contribution < -0.4 is 0 Å². The van der Waals surface area contributed by atoms with Crippen LogP contribution in [0.15, 0.2) is 54.6 Å². The first-order valence-electron chi connectivity index (χ1n) is 6.45. The van der Waals surface area contributed by atoms with Crippen molar-refractivity contribution >= 4 is 27.2 Å². The van der Waals surface area contributed by atoms with Crippen molar-refractivity contribution in [2.24, 2.45) is 0 Å². The van der Waals surface area contributed by atoms with Crippen molar-refractivity contribution in [2.45, 2.75) is 17.9 Å². The summed E-state index contributed by atoms with van der Waals surface area (Å²) < 4.78 is 24.7. The summed E-state index contributed by atoms with van der Waals surface area (Å²) in [5, 5.41) is -0.528. The third kappa shape index (κ3) is 3.93. The monoisotopic (exact) mass is 322 g/mol. The molecule has 5 heteroatoms. The van der Waals surface area contributed by atoms with Crippen LogP contribution in [0.3, 0.4) is 0 Å². The number of carbonyl (C=O) groups is 1. The Morgan fingerprint density at radius 3 is 2.19 bits per heavy atom. The number of carbonyl (C=O) groups excluding carboxylic acids is 1. The number of halogens is 1. The molecule has 2 aromatic rings. The molecular weight excluding hydrogens is 308 g/mol. The number of Topliss-reactive ketones (excluding diaryl/α,β-unsaturated/α-hetero) is 1. The maximum Gasteiger partial charge on any atom is 0.180 e. The van der Waals surface area contributed by atoms with Gasteiger partial charge in [-0.3, -0.25) is 4.79 Å². The third-order valence-corrected chi connectivity index (χ3v) is 5.53. The molecule has 1 atom stereocenters. The van der Waals surface area contributed by atoms with Gasteiger partial charge >= 0.3 is 0 Å². The first-order chi connectivity index (χ1) is 9.90. The highest BCUT2D eigenvalue weighted by molar-refractivity contribution is 7.92. The Bertz CT molecular complexity index is 722. The van der Waals surface area contributed by atoms with Crippen LogP contribution in [-0.2, 0) is 15.6 Å². The summed E-state index contributed by atoms with van der Waals surface area (Å²) in [7, 11) is -3.57. The van der Waals surface area contributed by atoms with Gasteiger partial charge in [-0.25, -0.2) is 8.42 Å². The van der Waals surface area contributed by atoms with Gasteiger partial charge in [0.2, 0.25) is 0 Å². The van der Waals surface area contributed by atoms with Gasteiger partial charge in [0.15, 0.2) is 15.6 Å². The van der Waals surface area contributed by atoms with E-state index in [4.69, 9.17) is 11.6 Å². The largest absolute Gasteiger partial charge is 0.293 e. The average Bonchev–Trinajstić information content (AvgIpc) is 2.49. The van der Waals surface area contributed by atoms with Crippen LogP contribution in [0, 0.1) is 0 Å². The molecule has 0 radical (unpaired) electrons. The molecule has 0 aliphatic heterocycles. The zero-order valence-electron chi connectivity index (χ0n) is 11.5. The molecule has 0 aromatic heterocycles. The molecule has 1 unspecified atom stereocenters. The Morgan fingerprint density at radius 1 is 1.05 bits per heavy atom. The quantitative estimate of drug-likeness (QED) is 0.791. The molecule has 0 heterocycles. The van der Waals surface area contributed by atoms with Crippen LogP contribution in [0.1, 0.15) is 22.8 Å². The van der Waals surface area contributed by atoms with E-state index in [0.717, 1.165) is 0 Å². The number of ketones is 1. The molecular formula is C16H15ClO3S. The molecule has 0 N–H and O–H groups in total. The molecule has 0 amide bonds. The molecule has 0 aliphatic carbocycles. The van der Waals surface area contributed by atoms with Crippen LogP contribution in [-0.4, -0.2) is 19.5 Å². The molecule has 2 rings (SSSR count). The summed E-state index contributed by atoms with van der Waals surface area (Å²) in [5.41, 5.74) is 1.02.